The lowest BCUT2D eigenvalue weighted by Crippen LogP contribution is -2.42. The average molecular weight is 393 g/mol. The molecule has 0 aliphatic carbocycles. The second kappa shape index (κ2) is 9.16. The van der Waals surface area contributed by atoms with Gasteiger partial charge in [-0.05, 0) is 19.1 Å². The zero-order chi connectivity index (χ0) is 18.5. The van der Waals surface area contributed by atoms with Gasteiger partial charge in [0.1, 0.15) is 11.5 Å². The third kappa shape index (κ3) is 4.89. The van der Waals surface area contributed by atoms with Crippen LogP contribution in [-0.2, 0) is 16.0 Å². The second-order valence-corrected chi connectivity index (χ2v) is 8.05. The summed E-state index contributed by atoms with van der Waals surface area (Å²) in [6.45, 7) is 10.5. The fraction of sp³-hybridized carbons (Fsp3) is 0.632. The van der Waals surface area contributed by atoms with Gasteiger partial charge in [0.15, 0.2) is 5.13 Å². The Morgan fingerprint density at radius 3 is 2.56 bits per heavy atom. The monoisotopic (exact) mass is 392 g/mol. The van der Waals surface area contributed by atoms with E-state index in [2.05, 4.69) is 26.2 Å². The third-order valence-corrected chi connectivity index (χ3v) is 6.09. The predicted octanol–water partition coefficient (Wildman–Crippen LogP) is 2.04. The maximum atomic E-state index is 5.93. The first kappa shape index (κ1) is 18.9. The van der Waals surface area contributed by atoms with Crippen molar-refractivity contribution >= 4 is 16.5 Å². The number of anilines is 1. The molecule has 1 unspecified atom stereocenters. The summed E-state index contributed by atoms with van der Waals surface area (Å²) in [6.07, 6.45) is 1.99. The molecule has 2 saturated heterocycles. The second-order valence-electron chi connectivity index (χ2n) is 6.95. The van der Waals surface area contributed by atoms with Gasteiger partial charge in [-0.25, -0.2) is 4.98 Å². The highest BCUT2D eigenvalue weighted by molar-refractivity contribution is 7.15. The van der Waals surface area contributed by atoms with E-state index in [1.165, 1.54) is 4.88 Å². The number of aryl methyl sites for hydroxylation is 1. The van der Waals surface area contributed by atoms with Crippen molar-refractivity contribution in [3.8, 4) is 0 Å². The van der Waals surface area contributed by atoms with Crippen LogP contribution in [0.15, 0.2) is 22.7 Å². The van der Waals surface area contributed by atoms with Crippen molar-refractivity contribution in [2.75, 3.05) is 64.1 Å². The number of nitrogens with one attached hydrogen (secondary N) is 1. The van der Waals surface area contributed by atoms with Crippen molar-refractivity contribution in [2.24, 2.45) is 0 Å². The Hall–Kier alpha value is -1.45. The molecule has 4 heterocycles. The summed E-state index contributed by atoms with van der Waals surface area (Å²) in [5.74, 6) is 1.99. The van der Waals surface area contributed by atoms with Crippen molar-refractivity contribution in [3.63, 3.8) is 0 Å². The van der Waals surface area contributed by atoms with Crippen LogP contribution in [0.2, 0.25) is 0 Å². The van der Waals surface area contributed by atoms with Crippen LogP contribution >= 0.6 is 11.3 Å². The van der Waals surface area contributed by atoms with Gasteiger partial charge in [0.2, 0.25) is 0 Å². The van der Waals surface area contributed by atoms with Crippen LogP contribution in [0.25, 0.3) is 0 Å². The molecular formula is C19H28N4O3S. The number of hydrogen-bond donors (Lipinski definition) is 1. The van der Waals surface area contributed by atoms with Crippen molar-refractivity contribution < 1.29 is 13.9 Å². The van der Waals surface area contributed by atoms with Crippen LogP contribution in [0.4, 0.5) is 5.13 Å². The van der Waals surface area contributed by atoms with Gasteiger partial charge in [0, 0.05) is 50.3 Å². The van der Waals surface area contributed by atoms with E-state index < -0.39 is 0 Å². The third-order valence-electron chi connectivity index (χ3n) is 5.04. The number of aromatic nitrogens is 1. The van der Waals surface area contributed by atoms with Crippen molar-refractivity contribution in [1.82, 2.24) is 15.2 Å². The number of hydrogen-bond acceptors (Lipinski definition) is 8. The highest BCUT2D eigenvalue weighted by Crippen LogP contribution is 2.25. The Morgan fingerprint density at radius 2 is 1.85 bits per heavy atom. The van der Waals surface area contributed by atoms with Crippen LogP contribution in [0.5, 0.6) is 0 Å². The van der Waals surface area contributed by atoms with E-state index in [9.17, 15) is 0 Å². The van der Waals surface area contributed by atoms with Gasteiger partial charge in [-0.1, -0.05) is 0 Å². The summed E-state index contributed by atoms with van der Waals surface area (Å²) in [4.78, 5) is 10.6. The minimum Gasteiger partial charge on any atom is -0.465 e. The van der Waals surface area contributed by atoms with E-state index >= 15 is 0 Å². The van der Waals surface area contributed by atoms with E-state index in [0.29, 0.717) is 0 Å². The van der Waals surface area contributed by atoms with Crippen LogP contribution < -0.4 is 10.2 Å². The highest BCUT2D eigenvalue weighted by atomic mass is 32.1. The van der Waals surface area contributed by atoms with Crippen molar-refractivity contribution in [1.29, 1.82) is 0 Å². The van der Waals surface area contributed by atoms with Gasteiger partial charge in [0.05, 0.1) is 32.5 Å². The smallest absolute Gasteiger partial charge is 0.185 e. The Labute approximate surface area is 164 Å². The molecule has 2 fully saturated rings. The molecule has 27 heavy (non-hydrogen) atoms. The normalized spacial score (nSPS) is 20.1. The number of rotatable bonds is 7. The number of morpholine rings is 2. The van der Waals surface area contributed by atoms with Gasteiger partial charge < -0.3 is 24.1 Å². The first-order valence-electron chi connectivity index (χ1n) is 9.66. The van der Waals surface area contributed by atoms with E-state index in [-0.39, 0.29) is 6.04 Å². The number of ether oxygens (including phenoxy) is 2. The molecule has 0 saturated carbocycles. The SMILES string of the molecule is Cc1ccc(C(CNCc2cnc(N3CCOCC3)s2)N2CCOCC2)o1. The average Bonchev–Trinajstić information content (AvgIpc) is 3.36. The largest absolute Gasteiger partial charge is 0.465 e. The quantitative estimate of drug-likeness (QED) is 0.774. The van der Waals surface area contributed by atoms with Gasteiger partial charge in [-0.15, -0.1) is 11.3 Å². The minimum atomic E-state index is 0.231. The van der Waals surface area contributed by atoms with Crippen molar-refractivity contribution in [3.05, 3.63) is 34.7 Å². The van der Waals surface area contributed by atoms with Gasteiger partial charge >= 0.3 is 0 Å². The number of thiazole rings is 1. The Balaban J connectivity index is 1.34. The lowest BCUT2D eigenvalue weighted by molar-refractivity contribution is 0.0115. The van der Waals surface area contributed by atoms with Crippen LogP contribution in [0.3, 0.4) is 0 Å². The number of furan rings is 1. The van der Waals surface area contributed by atoms with E-state index in [1.807, 2.05) is 19.2 Å². The molecule has 0 aromatic carbocycles. The van der Waals surface area contributed by atoms with E-state index in [1.54, 1.807) is 11.3 Å². The first-order valence-corrected chi connectivity index (χ1v) is 10.5. The molecule has 2 aromatic rings. The first-order chi connectivity index (χ1) is 13.3. The molecule has 148 valence electrons. The Bertz CT molecular complexity index is 707. The Kier molecular flexibility index (Phi) is 6.41. The van der Waals surface area contributed by atoms with Gasteiger partial charge in [-0.2, -0.15) is 0 Å². The molecule has 8 heteroatoms. The summed E-state index contributed by atoms with van der Waals surface area (Å²) in [5, 5.41) is 4.71. The van der Waals surface area contributed by atoms with Gasteiger partial charge in [-0.3, -0.25) is 4.90 Å². The molecule has 2 aromatic heterocycles. The summed E-state index contributed by atoms with van der Waals surface area (Å²) >= 11 is 1.77. The van der Waals surface area contributed by atoms with Crippen LogP contribution in [0.1, 0.15) is 22.4 Å². The van der Waals surface area contributed by atoms with Gasteiger partial charge in [0.25, 0.3) is 0 Å². The van der Waals surface area contributed by atoms with E-state index in [0.717, 1.165) is 82.3 Å². The summed E-state index contributed by atoms with van der Waals surface area (Å²) in [6, 6.07) is 4.37. The van der Waals surface area contributed by atoms with Crippen molar-refractivity contribution in [2.45, 2.75) is 19.5 Å². The lowest BCUT2D eigenvalue weighted by atomic mass is 10.1. The zero-order valence-electron chi connectivity index (χ0n) is 15.9. The molecule has 0 bridgehead atoms. The highest BCUT2D eigenvalue weighted by Gasteiger charge is 2.25. The summed E-state index contributed by atoms with van der Waals surface area (Å²) in [7, 11) is 0. The fourth-order valence-corrected chi connectivity index (χ4v) is 4.47. The molecule has 2 aliphatic rings. The Morgan fingerprint density at radius 1 is 1.11 bits per heavy atom. The predicted molar refractivity (Wildman–Crippen MR) is 105 cm³/mol. The standard InChI is InChI=1S/C19H28N4O3S/c1-15-2-3-18(26-15)17(22-4-8-24-9-5-22)14-20-12-16-13-21-19(27-16)23-6-10-25-11-7-23/h2-3,13,17,20H,4-12,14H2,1H3. The molecule has 0 amide bonds. The lowest BCUT2D eigenvalue weighted by Gasteiger charge is -2.33. The summed E-state index contributed by atoms with van der Waals surface area (Å²) < 4.78 is 16.9. The maximum Gasteiger partial charge on any atom is 0.185 e. The molecule has 2 aliphatic heterocycles. The number of nitrogens with zero attached hydrogens (tertiary/aromatic N) is 3. The molecular weight excluding hydrogens is 364 g/mol. The molecule has 0 spiro atoms. The topological polar surface area (TPSA) is 63.0 Å². The molecule has 0 radical (unpaired) electrons. The summed E-state index contributed by atoms with van der Waals surface area (Å²) in [5.41, 5.74) is 0. The molecule has 7 nitrogen and oxygen atoms in total. The molecule has 1 N–H and O–H groups in total. The molecule has 4 rings (SSSR count). The van der Waals surface area contributed by atoms with Crippen LogP contribution in [-0.4, -0.2) is 69.0 Å². The van der Waals surface area contributed by atoms with E-state index in [4.69, 9.17) is 13.9 Å². The molecule has 1 atom stereocenters. The zero-order valence-corrected chi connectivity index (χ0v) is 16.7. The minimum absolute atomic E-state index is 0.231. The van der Waals surface area contributed by atoms with Crippen LogP contribution in [0, 0.1) is 6.92 Å². The maximum absolute atomic E-state index is 5.93. The fourth-order valence-electron chi connectivity index (χ4n) is 3.54.